The molecule has 0 aromatic carbocycles. The predicted molar refractivity (Wildman–Crippen MR) is 74.8 cm³/mol. The number of hydrogen-bond acceptors (Lipinski definition) is 5. The minimum absolute atomic E-state index is 0.0393. The van der Waals surface area contributed by atoms with Crippen LogP contribution in [0.2, 0.25) is 0 Å². The van der Waals surface area contributed by atoms with Crippen LogP contribution in [0, 0.1) is 11.8 Å². The Labute approximate surface area is 121 Å². The molecule has 0 aliphatic carbocycles. The second kappa shape index (κ2) is 6.91. The van der Waals surface area contributed by atoms with Crippen LogP contribution in [0.15, 0.2) is 5.51 Å². The van der Waals surface area contributed by atoms with Crippen molar-refractivity contribution in [1.29, 1.82) is 0 Å². The van der Waals surface area contributed by atoms with E-state index in [1.165, 1.54) is 16.8 Å². The highest BCUT2D eigenvalue weighted by molar-refractivity contribution is 7.10. The fourth-order valence-corrected chi connectivity index (χ4v) is 1.82. The lowest BCUT2D eigenvalue weighted by Gasteiger charge is -2.19. The van der Waals surface area contributed by atoms with Gasteiger partial charge in [-0.05, 0) is 20.8 Å². The number of ether oxygens (including phenoxy) is 1. The summed E-state index contributed by atoms with van der Waals surface area (Å²) in [5.41, 5.74) is 0.865. The average Bonchev–Trinajstić information content (AvgIpc) is 2.74. The number of nitrogens with zero attached hydrogens (tertiary/aromatic N) is 1. The topological polar surface area (TPSA) is 88.5 Å². The molecule has 0 saturated heterocycles. The van der Waals surface area contributed by atoms with E-state index in [0.717, 1.165) is 0 Å². The van der Waals surface area contributed by atoms with Crippen LogP contribution in [0.5, 0.6) is 0 Å². The van der Waals surface area contributed by atoms with Crippen LogP contribution >= 0.6 is 11.3 Å². The summed E-state index contributed by atoms with van der Waals surface area (Å²) in [4.78, 5) is 26.2. The first kappa shape index (κ1) is 16.0. The Kier molecular flexibility index (Phi) is 5.53. The lowest BCUT2D eigenvalue weighted by atomic mass is 10.2. The number of thiazole rings is 1. The van der Waals surface area contributed by atoms with E-state index in [1.54, 1.807) is 20.8 Å². The summed E-state index contributed by atoms with van der Waals surface area (Å²) < 4.78 is 5.06. The number of aromatic carboxylic acids is 1. The molecule has 0 spiro atoms. The molecule has 0 radical (unpaired) electrons. The summed E-state index contributed by atoms with van der Waals surface area (Å²) >= 11 is 1.17. The Bertz CT molecular complexity index is 549. The highest BCUT2D eigenvalue weighted by Crippen LogP contribution is 2.11. The number of carbonyl (C=O) groups is 2. The molecule has 2 N–H and O–H groups in total. The van der Waals surface area contributed by atoms with E-state index in [4.69, 9.17) is 9.84 Å². The smallest absolute Gasteiger partial charge is 0.407 e. The molecule has 0 unspecified atom stereocenters. The van der Waals surface area contributed by atoms with Crippen molar-refractivity contribution < 1.29 is 19.4 Å². The molecular formula is C13H16N2O4S. The predicted octanol–water partition coefficient (Wildman–Crippen LogP) is 2.11. The molecule has 0 aliphatic heterocycles. The molecule has 1 rings (SSSR count). The maximum Gasteiger partial charge on any atom is 0.407 e. The molecular weight excluding hydrogens is 280 g/mol. The van der Waals surface area contributed by atoms with Crippen molar-refractivity contribution in [3.05, 3.63) is 16.1 Å². The second-order valence-corrected chi connectivity index (χ2v) is 5.67. The zero-order chi connectivity index (χ0) is 15.2. The molecule has 0 fully saturated rings. The van der Waals surface area contributed by atoms with Crippen molar-refractivity contribution in [3.8, 4) is 11.8 Å². The van der Waals surface area contributed by atoms with Crippen LogP contribution in [0.3, 0.4) is 0 Å². The number of nitrogens with one attached hydrogen (secondary N) is 1. The number of carbonyl (C=O) groups excluding carboxylic acids is 1. The van der Waals surface area contributed by atoms with Gasteiger partial charge in [-0.3, -0.25) is 0 Å². The highest BCUT2D eigenvalue weighted by Gasteiger charge is 2.15. The molecule has 1 aromatic heterocycles. The Morgan fingerprint density at radius 2 is 2.20 bits per heavy atom. The van der Waals surface area contributed by atoms with Gasteiger partial charge in [0.1, 0.15) is 10.5 Å². The van der Waals surface area contributed by atoms with Gasteiger partial charge in [0.2, 0.25) is 0 Å². The molecule has 0 bridgehead atoms. The van der Waals surface area contributed by atoms with Gasteiger partial charge >= 0.3 is 12.1 Å². The number of hydrogen-bond donors (Lipinski definition) is 2. The van der Waals surface area contributed by atoms with Crippen LogP contribution in [-0.2, 0) is 4.74 Å². The Hall–Kier alpha value is -2.07. The summed E-state index contributed by atoms with van der Waals surface area (Å²) in [5, 5.41) is 11.4. The molecule has 0 saturated carbocycles. The maximum atomic E-state index is 11.3. The van der Waals surface area contributed by atoms with Gasteiger partial charge in [-0.1, -0.05) is 11.8 Å². The van der Waals surface area contributed by atoms with Crippen molar-refractivity contribution in [1.82, 2.24) is 10.3 Å². The summed E-state index contributed by atoms with van der Waals surface area (Å²) in [6.07, 6.45) is -0.0979. The maximum absolute atomic E-state index is 11.3. The van der Waals surface area contributed by atoms with Crippen molar-refractivity contribution in [2.45, 2.75) is 32.8 Å². The molecule has 20 heavy (non-hydrogen) atoms. The van der Waals surface area contributed by atoms with E-state index >= 15 is 0 Å². The van der Waals surface area contributed by atoms with Crippen LogP contribution in [0.25, 0.3) is 0 Å². The molecule has 1 heterocycles. The summed E-state index contributed by atoms with van der Waals surface area (Å²) in [5.74, 6) is 4.42. The van der Waals surface area contributed by atoms with Crippen LogP contribution in [-0.4, -0.2) is 34.3 Å². The first-order valence-corrected chi connectivity index (χ1v) is 6.80. The molecule has 0 atom stereocenters. The fourth-order valence-electron chi connectivity index (χ4n) is 1.17. The number of carboxylic acid groups (broad SMARTS) is 1. The van der Waals surface area contributed by atoms with E-state index in [2.05, 4.69) is 22.1 Å². The van der Waals surface area contributed by atoms with E-state index in [1.807, 2.05) is 0 Å². The summed E-state index contributed by atoms with van der Waals surface area (Å²) in [6.45, 7) is 5.68. The minimum Gasteiger partial charge on any atom is -0.476 e. The molecule has 108 valence electrons. The largest absolute Gasteiger partial charge is 0.476 e. The van der Waals surface area contributed by atoms with Gasteiger partial charge in [-0.2, -0.15) is 0 Å². The molecule has 1 amide bonds. The first-order valence-electron chi connectivity index (χ1n) is 5.92. The van der Waals surface area contributed by atoms with Gasteiger partial charge < -0.3 is 15.2 Å². The molecule has 7 heteroatoms. The van der Waals surface area contributed by atoms with Gasteiger partial charge in [0.15, 0.2) is 5.69 Å². The number of rotatable bonds is 3. The second-order valence-electron chi connectivity index (χ2n) is 4.82. The van der Waals surface area contributed by atoms with Crippen LogP contribution in [0.1, 0.15) is 42.6 Å². The minimum atomic E-state index is -1.09. The standard InChI is InChI=1S/C13H16N2O4S/c1-13(2,3)19-12(18)14-7-5-4-6-9-10(11(16)17)15-8-20-9/h8H,5,7H2,1-3H3,(H,14,18)(H,16,17). The zero-order valence-corrected chi connectivity index (χ0v) is 12.3. The van der Waals surface area contributed by atoms with Gasteiger partial charge in [0.05, 0.1) is 5.51 Å². The highest BCUT2D eigenvalue weighted by atomic mass is 32.1. The zero-order valence-electron chi connectivity index (χ0n) is 11.5. The quantitative estimate of drug-likeness (QED) is 0.658. The Morgan fingerprint density at radius 3 is 2.80 bits per heavy atom. The lowest BCUT2D eigenvalue weighted by Crippen LogP contribution is -2.32. The fraction of sp³-hybridized carbons (Fsp3) is 0.462. The van der Waals surface area contributed by atoms with Crippen LogP contribution in [0.4, 0.5) is 4.79 Å². The van der Waals surface area contributed by atoms with E-state index in [0.29, 0.717) is 17.8 Å². The van der Waals surface area contributed by atoms with Crippen molar-refractivity contribution >= 4 is 23.4 Å². The summed E-state index contributed by atoms with van der Waals surface area (Å²) in [6, 6.07) is 0. The number of aromatic nitrogens is 1. The van der Waals surface area contributed by atoms with Gasteiger partial charge in [0, 0.05) is 13.0 Å². The monoisotopic (exact) mass is 296 g/mol. The molecule has 0 aliphatic rings. The van der Waals surface area contributed by atoms with Gasteiger partial charge in [-0.15, -0.1) is 11.3 Å². The number of carboxylic acids is 1. The Balaban J connectivity index is 2.39. The van der Waals surface area contributed by atoms with E-state index in [-0.39, 0.29) is 5.69 Å². The van der Waals surface area contributed by atoms with Gasteiger partial charge in [-0.25, -0.2) is 14.6 Å². The van der Waals surface area contributed by atoms with E-state index in [9.17, 15) is 9.59 Å². The molecule has 6 nitrogen and oxygen atoms in total. The van der Waals surface area contributed by atoms with Crippen molar-refractivity contribution in [2.75, 3.05) is 6.54 Å². The first-order chi connectivity index (χ1) is 9.29. The lowest BCUT2D eigenvalue weighted by molar-refractivity contribution is 0.0528. The third-order valence-corrected chi connectivity index (χ3v) is 2.63. The molecule has 1 aromatic rings. The SMILES string of the molecule is CC(C)(C)OC(=O)NCCC#Cc1scnc1C(=O)O. The number of amides is 1. The average molecular weight is 296 g/mol. The number of alkyl carbamates (subject to hydrolysis) is 1. The Morgan fingerprint density at radius 1 is 1.50 bits per heavy atom. The summed E-state index contributed by atoms with van der Waals surface area (Å²) in [7, 11) is 0. The normalized spacial score (nSPS) is 10.3. The van der Waals surface area contributed by atoms with E-state index < -0.39 is 17.7 Å². The van der Waals surface area contributed by atoms with Crippen molar-refractivity contribution in [2.24, 2.45) is 0 Å². The van der Waals surface area contributed by atoms with Crippen LogP contribution < -0.4 is 5.32 Å². The van der Waals surface area contributed by atoms with Crippen molar-refractivity contribution in [3.63, 3.8) is 0 Å². The van der Waals surface area contributed by atoms with Gasteiger partial charge in [0.25, 0.3) is 0 Å². The third kappa shape index (κ3) is 5.71. The third-order valence-electron chi connectivity index (χ3n) is 1.89.